The minimum Gasteiger partial charge on any atom is -0.462 e. The molecule has 0 radical (unpaired) electrons. The van der Waals surface area contributed by atoms with Crippen molar-refractivity contribution in [2.45, 2.75) is 31.7 Å². The molecule has 0 aliphatic carbocycles. The third-order valence-electron chi connectivity index (χ3n) is 2.84. The molecule has 0 bridgehead atoms. The Hall–Kier alpha value is -1.65. The van der Waals surface area contributed by atoms with Crippen LogP contribution in [0.15, 0.2) is 12.7 Å². The first-order valence-electron chi connectivity index (χ1n) is 5.64. The van der Waals surface area contributed by atoms with Crippen LogP contribution in [0.4, 0.5) is 0 Å². The van der Waals surface area contributed by atoms with Crippen LogP contribution in [0.25, 0.3) is 0 Å². The topological polar surface area (TPSA) is 63.7 Å². The number of hydrogen-bond acceptors (Lipinski definition) is 4. The number of allylic oxidation sites excluding steroid dienone is 1. The quantitative estimate of drug-likeness (QED) is 0.411. The number of esters is 1. The maximum atomic E-state index is 11.8. The molecule has 1 aliphatic rings. The Morgan fingerprint density at radius 1 is 1.47 bits per heavy atom. The van der Waals surface area contributed by atoms with Gasteiger partial charge in [-0.1, -0.05) is 6.08 Å². The Balaban J connectivity index is 2.66. The lowest BCUT2D eigenvalue weighted by Crippen LogP contribution is -2.44. The van der Waals surface area contributed by atoms with Crippen molar-refractivity contribution >= 4 is 17.7 Å². The minimum atomic E-state index is -0.909. The van der Waals surface area contributed by atoms with E-state index in [1.165, 1.54) is 4.90 Å². The predicted octanol–water partition coefficient (Wildman–Crippen LogP) is 0.686. The van der Waals surface area contributed by atoms with Crippen molar-refractivity contribution in [1.82, 2.24) is 4.90 Å². The van der Waals surface area contributed by atoms with Crippen LogP contribution < -0.4 is 0 Å². The molecule has 1 aliphatic heterocycles. The van der Waals surface area contributed by atoms with Gasteiger partial charge in [-0.25, -0.2) is 4.79 Å². The number of likely N-dealkylation sites (tertiary alicyclic amines) is 1. The summed E-state index contributed by atoms with van der Waals surface area (Å²) in [7, 11) is 1.16. The molecule has 1 atom stereocenters. The molecule has 0 aromatic rings. The molecule has 1 rings (SSSR count). The first kappa shape index (κ1) is 13.4. The summed E-state index contributed by atoms with van der Waals surface area (Å²) in [6.07, 6.45) is 3.99. The molecule has 1 heterocycles. The van der Waals surface area contributed by atoms with E-state index in [-0.39, 0.29) is 5.78 Å². The van der Waals surface area contributed by atoms with Crippen LogP contribution in [-0.4, -0.2) is 42.3 Å². The van der Waals surface area contributed by atoms with E-state index in [9.17, 15) is 14.4 Å². The number of methoxy groups -OCH3 is 1. The number of ether oxygens (including phenoxy) is 1. The standard InChI is InChI=1S/C12H17NO4/c1-3-4-7-10(14)9-6-5-8-13(9)11(15)12(16)17-2/h3,9H,1,4-8H2,2H3. The molecule has 0 spiro atoms. The lowest BCUT2D eigenvalue weighted by molar-refractivity contribution is -0.159. The van der Waals surface area contributed by atoms with Crippen LogP contribution in [0.3, 0.4) is 0 Å². The van der Waals surface area contributed by atoms with E-state index in [2.05, 4.69) is 11.3 Å². The highest BCUT2D eigenvalue weighted by Crippen LogP contribution is 2.20. The number of nitrogens with zero attached hydrogens (tertiary/aromatic N) is 1. The summed E-state index contributed by atoms with van der Waals surface area (Å²) in [6, 6.07) is -0.471. The summed E-state index contributed by atoms with van der Waals surface area (Å²) >= 11 is 0. The monoisotopic (exact) mass is 239 g/mol. The molecule has 17 heavy (non-hydrogen) atoms. The van der Waals surface area contributed by atoms with Gasteiger partial charge in [-0.2, -0.15) is 0 Å². The molecule has 1 unspecified atom stereocenters. The van der Waals surface area contributed by atoms with Gasteiger partial charge < -0.3 is 9.64 Å². The second-order valence-corrected chi connectivity index (χ2v) is 3.94. The summed E-state index contributed by atoms with van der Waals surface area (Å²) in [6.45, 7) is 3.99. The van der Waals surface area contributed by atoms with Crippen molar-refractivity contribution in [2.75, 3.05) is 13.7 Å². The number of rotatable bonds is 4. The number of hydrogen-bond donors (Lipinski definition) is 0. The van der Waals surface area contributed by atoms with Crippen molar-refractivity contribution < 1.29 is 19.1 Å². The van der Waals surface area contributed by atoms with Crippen LogP contribution in [0.1, 0.15) is 25.7 Å². The van der Waals surface area contributed by atoms with Gasteiger partial charge in [0.05, 0.1) is 13.2 Å². The fourth-order valence-electron chi connectivity index (χ4n) is 1.96. The van der Waals surface area contributed by atoms with E-state index >= 15 is 0 Å². The third-order valence-corrected chi connectivity index (χ3v) is 2.84. The molecule has 0 aromatic heterocycles. The first-order chi connectivity index (χ1) is 8.11. The van der Waals surface area contributed by atoms with Crippen LogP contribution in [-0.2, 0) is 19.1 Å². The smallest absolute Gasteiger partial charge is 0.396 e. The van der Waals surface area contributed by atoms with Gasteiger partial charge in [0, 0.05) is 13.0 Å². The van der Waals surface area contributed by atoms with E-state index in [0.29, 0.717) is 25.8 Å². The average molecular weight is 239 g/mol. The van der Waals surface area contributed by atoms with Crippen LogP contribution >= 0.6 is 0 Å². The van der Waals surface area contributed by atoms with Crippen molar-refractivity contribution in [2.24, 2.45) is 0 Å². The fourth-order valence-corrected chi connectivity index (χ4v) is 1.96. The summed E-state index contributed by atoms with van der Waals surface area (Å²) in [5.41, 5.74) is 0. The molecular weight excluding hydrogens is 222 g/mol. The molecule has 0 aromatic carbocycles. The Kier molecular flexibility index (Phi) is 4.87. The Bertz CT molecular complexity index is 337. The van der Waals surface area contributed by atoms with E-state index < -0.39 is 17.9 Å². The molecule has 1 saturated heterocycles. The normalized spacial score (nSPS) is 18.9. The molecule has 1 amide bonds. The average Bonchev–Trinajstić information content (AvgIpc) is 2.83. The SMILES string of the molecule is C=CCCC(=O)C1CCCN1C(=O)C(=O)OC. The highest BCUT2D eigenvalue weighted by Gasteiger charge is 2.36. The number of carbonyl (C=O) groups is 3. The summed E-state index contributed by atoms with van der Waals surface area (Å²) in [5, 5.41) is 0. The molecular formula is C12H17NO4. The second-order valence-electron chi connectivity index (χ2n) is 3.94. The lowest BCUT2D eigenvalue weighted by atomic mass is 10.1. The van der Waals surface area contributed by atoms with Gasteiger partial charge >= 0.3 is 11.9 Å². The molecule has 5 heteroatoms. The highest BCUT2D eigenvalue weighted by molar-refractivity contribution is 6.32. The van der Waals surface area contributed by atoms with E-state index in [0.717, 1.165) is 13.5 Å². The van der Waals surface area contributed by atoms with Crippen LogP contribution in [0.5, 0.6) is 0 Å². The fraction of sp³-hybridized carbons (Fsp3) is 0.583. The summed E-state index contributed by atoms with van der Waals surface area (Å²) < 4.78 is 4.38. The maximum absolute atomic E-state index is 11.8. The Labute approximate surface area is 100 Å². The highest BCUT2D eigenvalue weighted by atomic mass is 16.5. The summed E-state index contributed by atoms with van der Waals surface area (Å²) in [4.78, 5) is 35.9. The van der Waals surface area contributed by atoms with Crippen molar-refractivity contribution in [1.29, 1.82) is 0 Å². The van der Waals surface area contributed by atoms with E-state index in [1.54, 1.807) is 6.08 Å². The van der Waals surface area contributed by atoms with E-state index in [4.69, 9.17) is 0 Å². The van der Waals surface area contributed by atoms with Crippen molar-refractivity contribution in [3.05, 3.63) is 12.7 Å². The van der Waals surface area contributed by atoms with Gasteiger partial charge in [0.25, 0.3) is 0 Å². The van der Waals surface area contributed by atoms with Gasteiger partial charge in [0.1, 0.15) is 0 Å². The second kappa shape index (κ2) is 6.18. The zero-order chi connectivity index (χ0) is 12.8. The van der Waals surface area contributed by atoms with Crippen LogP contribution in [0, 0.1) is 0 Å². The Morgan fingerprint density at radius 2 is 2.18 bits per heavy atom. The number of Topliss-reactive ketones (excluding diaryl/α,β-unsaturated/α-hetero) is 1. The first-order valence-corrected chi connectivity index (χ1v) is 5.64. The van der Waals surface area contributed by atoms with Gasteiger partial charge in [-0.3, -0.25) is 9.59 Å². The number of carbonyl (C=O) groups excluding carboxylic acids is 3. The molecule has 1 fully saturated rings. The molecule has 0 saturated carbocycles. The summed E-state index contributed by atoms with van der Waals surface area (Å²) in [5.74, 6) is -1.64. The van der Waals surface area contributed by atoms with Gasteiger partial charge in [0.15, 0.2) is 5.78 Å². The van der Waals surface area contributed by atoms with Crippen molar-refractivity contribution in [3.8, 4) is 0 Å². The third kappa shape index (κ3) is 3.15. The largest absolute Gasteiger partial charge is 0.462 e. The predicted molar refractivity (Wildman–Crippen MR) is 61.2 cm³/mol. The number of amides is 1. The molecule has 5 nitrogen and oxygen atoms in total. The zero-order valence-corrected chi connectivity index (χ0v) is 9.98. The maximum Gasteiger partial charge on any atom is 0.396 e. The van der Waals surface area contributed by atoms with E-state index in [1.807, 2.05) is 0 Å². The molecule has 0 N–H and O–H groups in total. The number of ketones is 1. The van der Waals surface area contributed by atoms with Gasteiger partial charge in [-0.15, -0.1) is 6.58 Å². The van der Waals surface area contributed by atoms with Gasteiger partial charge in [0.2, 0.25) is 0 Å². The zero-order valence-electron chi connectivity index (χ0n) is 9.98. The lowest BCUT2D eigenvalue weighted by Gasteiger charge is -2.22. The minimum absolute atomic E-state index is 0.0142. The van der Waals surface area contributed by atoms with Gasteiger partial charge in [-0.05, 0) is 19.3 Å². The van der Waals surface area contributed by atoms with Crippen molar-refractivity contribution in [3.63, 3.8) is 0 Å². The van der Waals surface area contributed by atoms with Crippen LogP contribution in [0.2, 0.25) is 0 Å². The Morgan fingerprint density at radius 3 is 2.76 bits per heavy atom. The molecule has 94 valence electrons.